The first-order valence-electron chi connectivity index (χ1n) is 6.95. The second-order valence-corrected chi connectivity index (χ2v) is 6.32. The van der Waals surface area contributed by atoms with Gasteiger partial charge in [-0.25, -0.2) is 0 Å². The predicted octanol–water partition coefficient (Wildman–Crippen LogP) is 3.42. The van der Waals surface area contributed by atoms with Gasteiger partial charge in [-0.05, 0) is 48.9 Å². The summed E-state index contributed by atoms with van der Waals surface area (Å²) in [6, 6.07) is 6.58. The first-order chi connectivity index (χ1) is 8.47. The molecule has 1 aliphatic heterocycles. The van der Waals surface area contributed by atoms with E-state index >= 15 is 0 Å². The Hall–Kier alpha value is -1.02. The standard InChI is InChI=1S/C16H25NO/c1-12-10-13(16(2,3)4)7-8-15(12)18-14-6-5-9-17-11-14/h7-8,10,14,17H,5-6,9,11H2,1-4H3. The van der Waals surface area contributed by atoms with Gasteiger partial charge in [0.2, 0.25) is 0 Å². The quantitative estimate of drug-likeness (QED) is 0.864. The first-order valence-corrected chi connectivity index (χ1v) is 6.95. The van der Waals surface area contributed by atoms with Crippen molar-refractivity contribution in [2.75, 3.05) is 13.1 Å². The van der Waals surface area contributed by atoms with Gasteiger partial charge >= 0.3 is 0 Å². The molecular formula is C16H25NO. The fourth-order valence-corrected chi connectivity index (χ4v) is 2.35. The zero-order chi connectivity index (χ0) is 13.2. The van der Waals surface area contributed by atoms with E-state index in [1.165, 1.54) is 17.5 Å². The Balaban J connectivity index is 2.09. The maximum absolute atomic E-state index is 6.09. The summed E-state index contributed by atoms with van der Waals surface area (Å²) in [6.07, 6.45) is 2.70. The Morgan fingerprint density at radius 2 is 2.06 bits per heavy atom. The van der Waals surface area contributed by atoms with Crippen LogP contribution in [0.4, 0.5) is 0 Å². The molecule has 2 nitrogen and oxygen atoms in total. The fourth-order valence-electron chi connectivity index (χ4n) is 2.35. The normalized spacial score (nSPS) is 20.8. The third kappa shape index (κ3) is 3.26. The van der Waals surface area contributed by atoms with Crippen LogP contribution in [0.5, 0.6) is 5.75 Å². The maximum Gasteiger partial charge on any atom is 0.122 e. The lowest BCUT2D eigenvalue weighted by Gasteiger charge is -2.26. The highest BCUT2D eigenvalue weighted by molar-refractivity contribution is 5.38. The lowest BCUT2D eigenvalue weighted by atomic mass is 9.86. The van der Waals surface area contributed by atoms with E-state index in [0.29, 0.717) is 6.10 Å². The second kappa shape index (κ2) is 5.31. The molecular weight excluding hydrogens is 222 g/mol. The van der Waals surface area contributed by atoms with Crippen molar-refractivity contribution in [3.05, 3.63) is 29.3 Å². The van der Waals surface area contributed by atoms with Crippen molar-refractivity contribution >= 4 is 0 Å². The lowest BCUT2D eigenvalue weighted by molar-refractivity contribution is 0.166. The molecule has 18 heavy (non-hydrogen) atoms. The Labute approximate surface area is 111 Å². The molecule has 2 rings (SSSR count). The van der Waals surface area contributed by atoms with E-state index in [1.54, 1.807) is 0 Å². The van der Waals surface area contributed by atoms with Gasteiger partial charge < -0.3 is 10.1 Å². The molecule has 0 aliphatic carbocycles. The van der Waals surface area contributed by atoms with Gasteiger partial charge in [0, 0.05) is 6.54 Å². The molecule has 0 spiro atoms. The average Bonchev–Trinajstić information content (AvgIpc) is 2.32. The Morgan fingerprint density at radius 3 is 2.61 bits per heavy atom. The molecule has 1 aromatic rings. The van der Waals surface area contributed by atoms with Gasteiger partial charge in [-0.2, -0.15) is 0 Å². The van der Waals surface area contributed by atoms with Crippen LogP contribution in [0.25, 0.3) is 0 Å². The zero-order valence-electron chi connectivity index (χ0n) is 12.0. The van der Waals surface area contributed by atoms with Gasteiger partial charge in [0.05, 0.1) is 0 Å². The van der Waals surface area contributed by atoms with Crippen molar-refractivity contribution in [3.63, 3.8) is 0 Å². The van der Waals surface area contributed by atoms with Crippen molar-refractivity contribution in [3.8, 4) is 5.75 Å². The number of benzene rings is 1. The summed E-state index contributed by atoms with van der Waals surface area (Å²) in [5.74, 6) is 1.04. The molecule has 1 heterocycles. The van der Waals surface area contributed by atoms with Crippen molar-refractivity contribution in [2.45, 2.75) is 52.1 Å². The topological polar surface area (TPSA) is 21.3 Å². The molecule has 100 valence electrons. The summed E-state index contributed by atoms with van der Waals surface area (Å²) in [5, 5.41) is 3.39. The molecule has 1 fully saturated rings. The van der Waals surface area contributed by atoms with Crippen LogP contribution in [0.1, 0.15) is 44.7 Å². The minimum absolute atomic E-state index is 0.204. The summed E-state index contributed by atoms with van der Waals surface area (Å²) in [4.78, 5) is 0. The molecule has 0 saturated carbocycles. The van der Waals surface area contributed by atoms with Gasteiger partial charge in [-0.15, -0.1) is 0 Å². The molecule has 1 atom stereocenters. The Kier molecular flexibility index (Phi) is 3.96. The van der Waals surface area contributed by atoms with Crippen LogP contribution < -0.4 is 10.1 Å². The molecule has 0 aromatic heterocycles. The third-order valence-electron chi connectivity index (χ3n) is 3.59. The third-order valence-corrected chi connectivity index (χ3v) is 3.59. The van der Waals surface area contributed by atoms with Gasteiger partial charge in [-0.1, -0.05) is 32.9 Å². The summed E-state index contributed by atoms with van der Waals surface area (Å²) >= 11 is 0. The number of hydrogen-bond acceptors (Lipinski definition) is 2. The minimum Gasteiger partial charge on any atom is -0.489 e. The van der Waals surface area contributed by atoms with Crippen LogP contribution in [-0.2, 0) is 5.41 Å². The molecule has 0 amide bonds. The zero-order valence-corrected chi connectivity index (χ0v) is 12.0. The number of piperidine rings is 1. The van der Waals surface area contributed by atoms with E-state index in [9.17, 15) is 0 Å². The Morgan fingerprint density at radius 1 is 1.28 bits per heavy atom. The highest BCUT2D eigenvalue weighted by atomic mass is 16.5. The van der Waals surface area contributed by atoms with Crippen molar-refractivity contribution in [2.24, 2.45) is 0 Å². The first kappa shape index (κ1) is 13.4. The average molecular weight is 247 g/mol. The van der Waals surface area contributed by atoms with E-state index < -0.39 is 0 Å². The van der Waals surface area contributed by atoms with Crippen LogP contribution in [0.15, 0.2) is 18.2 Å². The van der Waals surface area contributed by atoms with Crippen LogP contribution in [-0.4, -0.2) is 19.2 Å². The van der Waals surface area contributed by atoms with Gasteiger partial charge in [0.1, 0.15) is 11.9 Å². The number of aryl methyl sites for hydroxylation is 1. The van der Waals surface area contributed by atoms with Crippen molar-refractivity contribution < 1.29 is 4.74 Å². The summed E-state index contributed by atoms with van der Waals surface area (Å²) in [7, 11) is 0. The van der Waals surface area contributed by atoms with Crippen LogP contribution >= 0.6 is 0 Å². The van der Waals surface area contributed by atoms with Gasteiger partial charge in [0.15, 0.2) is 0 Å². The highest BCUT2D eigenvalue weighted by Crippen LogP contribution is 2.28. The van der Waals surface area contributed by atoms with Crippen molar-refractivity contribution in [1.82, 2.24) is 5.32 Å². The van der Waals surface area contributed by atoms with E-state index in [4.69, 9.17) is 4.74 Å². The summed E-state index contributed by atoms with van der Waals surface area (Å²) in [5.41, 5.74) is 2.82. The molecule has 1 N–H and O–H groups in total. The Bertz CT molecular complexity index is 400. The summed E-state index contributed by atoms with van der Waals surface area (Å²) < 4.78 is 6.09. The molecule has 1 saturated heterocycles. The van der Waals surface area contributed by atoms with Crippen LogP contribution in [0, 0.1) is 6.92 Å². The van der Waals surface area contributed by atoms with Gasteiger partial charge in [-0.3, -0.25) is 0 Å². The van der Waals surface area contributed by atoms with E-state index in [2.05, 4.69) is 51.2 Å². The SMILES string of the molecule is Cc1cc(C(C)(C)C)ccc1OC1CCCNC1. The number of nitrogens with one attached hydrogen (secondary N) is 1. The van der Waals surface area contributed by atoms with E-state index in [-0.39, 0.29) is 5.41 Å². The van der Waals surface area contributed by atoms with Crippen molar-refractivity contribution in [1.29, 1.82) is 0 Å². The van der Waals surface area contributed by atoms with E-state index in [1.807, 2.05) is 0 Å². The molecule has 2 heteroatoms. The lowest BCUT2D eigenvalue weighted by Crippen LogP contribution is -2.37. The largest absolute Gasteiger partial charge is 0.489 e. The van der Waals surface area contributed by atoms with Gasteiger partial charge in [0.25, 0.3) is 0 Å². The minimum atomic E-state index is 0.204. The molecule has 1 aliphatic rings. The smallest absolute Gasteiger partial charge is 0.122 e. The van der Waals surface area contributed by atoms with Crippen LogP contribution in [0.2, 0.25) is 0 Å². The monoisotopic (exact) mass is 247 g/mol. The summed E-state index contributed by atoms with van der Waals surface area (Å²) in [6.45, 7) is 11.0. The molecule has 0 bridgehead atoms. The number of ether oxygens (including phenoxy) is 1. The van der Waals surface area contributed by atoms with Crippen LogP contribution in [0.3, 0.4) is 0 Å². The molecule has 0 radical (unpaired) electrons. The molecule has 1 unspecified atom stereocenters. The maximum atomic E-state index is 6.09. The van der Waals surface area contributed by atoms with E-state index in [0.717, 1.165) is 25.3 Å². The number of hydrogen-bond donors (Lipinski definition) is 1. The molecule has 1 aromatic carbocycles. The second-order valence-electron chi connectivity index (χ2n) is 6.32. The fraction of sp³-hybridized carbons (Fsp3) is 0.625. The number of rotatable bonds is 2. The highest BCUT2D eigenvalue weighted by Gasteiger charge is 2.17. The predicted molar refractivity (Wildman–Crippen MR) is 76.4 cm³/mol.